The third-order valence-corrected chi connectivity index (χ3v) is 9.65. The highest BCUT2D eigenvalue weighted by molar-refractivity contribution is 7.92. The van der Waals surface area contributed by atoms with Crippen LogP contribution in [0.4, 0.5) is 5.69 Å². The fraction of sp³-hybridized carbons (Fsp3) is 0.278. The van der Waals surface area contributed by atoms with Crippen LogP contribution in [0, 0.1) is 6.92 Å². The maximum Gasteiger partial charge on any atom is 0.264 e. The molecule has 0 saturated heterocycles. The number of halogens is 2. The average molecular weight is 697 g/mol. The molecule has 4 rings (SSSR count). The van der Waals surface area contributed by atoms with E-state index in [1.54, 1.807) is 37.4 Å². The standard InChI is InChI=1S/C36H39Cl2N3O5S/c1-25-14-17-30(18-15-25)47(44,45)41(32-22-28(37)16-19-31(32)38)24-34(42)40(23-27-12-9-13-29(20-27)46-5)33(35(43)39-36(2,3)4)21-26-10-7-6-8-11-26/h6-20,22,33H,21,23-24H2,1-5H3,(H,39,43). The molecular weight excluding hydrogens is 657 g/mol. The minimum atomic E-state index is -4.33. The average Bonchev–Trinajstić information content (AvgIpc) is 3.02. The molecule has 0 bridgehead atoms. The Bertz CT molecular complexity index is 1810. The summed E-state index contributed by atoms with van der Waals surface area (Å²) in [5.74, 6) is -0.432. The number of methoxy groups -OCH3 is 1. The number of nitrogens with zero attached hydrogens (tertiary/aromatic N) is 2. The second-order valence-corrected chi connectivity index (χ2v) is 14.9. The Morgan fingerprint density at radius 1 is 0.872 bits per heavy atom. The van der Waals surface area contributed by atoms with Gasteiger partial charge in [-0.15, -0.1) is 0 Å². The molecule has 0 heterocycles. The zero-order valence-electron chi connectivity index (χ0n) is 27.0. The molecule has 248 valence electrons. The van der Waals surface area contributed by atoms with E-state index in [1.807, 2.05) is 64.1 Å². The molecular formula is C36H39Cl2N3O5S. The molecule has 4 aromatic rings. The van der Waals surface area contributed by atoms with Crippen molar-refractivity contribution >= 4 is 50.7 Å². The molecule has 11 heteroatoms. The lowest BCUT2D eigenvalue weighted by Gasteiger charge is -2.35. The van der Waals surface area contributed by atoms with Gasteiger partial charge in [0.1, 0.15) is 18.3 Å². The Morgan fingerprint density at radius 2 is 1.53 bits per heavy atom. The zero-order valence-corrected chi connectivity index (χ0v) is 29.4. The molecule has 1 unspecified atom stereocenters. The third-order valence-electron chi connectivity index (χ3n) is 7.32. The van der Waals surface area contributed by atoms with E-state index in [4.69, 9.17) is 27.9 Å². The number of carbonyl (C=O) groups excluding carboxylic acids is 2. The second-order valence-electron chi connectivity index (χ2n) is 12.2. The van der Waals surface area contributed by atoms with Gasteiger partial charge in [-0.2, -0.15) is 0 Å². The summed E-state index contributed by atoms with van der Waals surface area (Å²) in [4.78, 5) is 30.1. The maximum absolute atomic E-state index is 14.6. The maximum atomic E-state index is 14.6. The minimum Gasteiger partial charge on any atom is -0.497 e. The van der Waals surface area contributed by atoms with Crippen molar-refractivity contribution in [3.8, 4) is 5.75 Å². The highest BCUT2D eigenvalue weighted by Gasteiger charge is 2.36. The number of anilines is 1. The van der Waals surface area contributed by atoms with Crippen LogP contribution in [-0.4, -0.2) is 50.4 Å². The van der Waals surface area contributed by atoms with Crippen LogP contribution in [0.3, 0.4) is 0 Å². The van der Waals surface area contributed by atoms with Crippen molar-refractivity contribution in [1.29, 1.82) is 0 Å². The largest absolute Gasteiger partial charge is 0.497 e. The van der Waals surface area contributed by atoms with Gasteiger partial charge in [0.25, 0.3) is 10.0 Å². The molecule has 47 heavy (non-hydrogen) atoms. The Labute approximate surface area is 287 Å². The first kappa shape index (κ1) is 35.8. The molecule has 4 aromatic carbocycles. The van der Waals surface area contributed by atoms with Gasteiger partial charge in [-0.05, 0) is 81.3 Å². The summed E-state index contributed by atoms with van der Waals surface area (Å²) in [6, 6.07) is 26.2. The van der Waals surface area contributed by atoms with E-state index >= 15 is 0 Å². The number of hydrogen-bond acceptors (Lipinski definition) is 5. The number of sulfonamides is 1. The summed E-state index contributed by atoms with van der Waals surface area (Å²) >= 11 is 12.9. The van der Waals surface area contributed by atoms with Gasteiger partial charge in [0.05, 0.1) is 22.7 Å². The van der Waals surface area contributed by atoms with Crippen LogP contribution >= 0.6 is 23.2 Å². The van der Waals surface area contributed by atoms with Gasteiger partial charge < -0.3 is 15.0 Å². The second kappa shape index (κ2) is 15.2. The number of carbonyl (C=O) groups is 2. The lowest BCUT2D eigenvalue weighted by molar-refractivity contribution is -0.140. The fourth-order valence-electron chi connectivity index (χ4n) is 5.00. The first-order chi connectivity index (χ1) is 22.2. The topological polar surface area (TPSA) is 96.0 Å². The van der Waals surface area contributed by atoms with Gasteiger partial charge in [0.2, 0.25) is 11.8 Å². The van der Waals surface area contributed by atoms with Gasteiger partial charge in [-0.3, -0.25) is 13.9 Å². The Hall–Kier alpha value is -4.05. The Balaban J connectivity index is 1.86. The SMILES string of the molecule is COc1cccc(CN(C(=O)CN(c2cc(Cl)ccc2Cl)S(=O)(=O)c2ccc(C)cc2)C(Cc2ccccc2)C(=O)NC(C)(C)C)c1. The third kappa shape index (κ3) is 9.50. The van der Waals surface area contributed by atoms with E-state index in [2.05, 4.69) is 5.32 Å². The molecule has 0 fully saturated rings. The van der Waals surface area contributed by atoms with Crippen LogP contribution in [0.15, 0.2) is 102 Å². The molecule has 0 aliphatic rings. The molecule has 0 aromatic heterocycles. The lowest BCUT2D eigenvalue weighted by Crippen LogP contribution is -2.56. The van der Waals surface area contributed by atoms with Crippen molar-refractivity contribution < 1.29 is 22.7 Å². The number of ether oxygens (including phenoxy) is 1. The Morgan fingerprint density at radius 3 is 2.17 bits per heavy atom. The van der Waals surface area contributed by atoms with Crippen molar-refractivity contribution in [2.24, 2.45) is 0 Å². The minimum absolute atomic E-state index is 0.00715. The molecule has 1 atom stereocenters. The van der Waals surface area contributed by atoms with Gasteiger partial charge in [-0.1, -0.05) is 83.4 Å². The van der Waals surface area contributed by atoms with Crippen LogP contribution in [0.25, 0.3) is 0 Å². The molecule has 1 N–H and O–H groups in total. The predicted octanol–water partition coefficient (Wildman–Crippen LogP) is 7.06. The van der Waals surface area contributed by atoms with Crippen LogP contribution < -0.4 is 14.4 Å². The van der Waals surface area contributed by atoms with E-state index in [0.717, 1.165) is 15.4 Å². The van der Waals surface area contributed by atoms with E-state index in [1.165, 1.54) is 35.2 Å². The summed E-state index contributed by atoms with van der Waals surface area (Å²) in [7, 11) is -2.79. The van der Waals surface area contributed by atoms with E-state index in [0.29, 0.717) is 11.3 Å². The van der Waals surface area contributed by atoms with Gasteiger partial charge in [0.15, 0.2) is 0 Å². The summed E-state index contributed by atoms with van der Waals surface area (Å²) in [5, 5.41) is 3.34. The first-order valence-corrected chi connectivity index (χ1v) is 17.2. The van der Waals surface area contributed by atoms with Gasteiger partial charge >= 0.3 is 0 Å². The molecule has 8 nitrogen and oxygen atoms in total. The summed E-state index contributed by atoms with van der Waals surface area (Å²) in [5.41, 5.74) is 1.81. The van der Waals surface area contributed by atoms with Crippen molar-refractivity contribution in [2.75, 3.05) is 18.0 Å². The van der Waals surface area contributed by atoms with E-state index in [-0.39, 0.29) is 39.5 Å². The van der Waals surface area contributed by atoms with Crippen LogP contribution in [0.5, 0.6) is 5.75 Å². The Kier molecular flexibility index (Phi) is 11.6. The molecule has 0 radical (unpaired) electrons. The van der Waals surface area contributed by atoms with Crippen LogP contribution in [0.2, 0.25) is 10.0 Å². The van der Waals surface area contributed by atoms with Crippen molar-refractivity contribution in [3.05, 3.63) is 124 Å². The summed E-state index contributed by atoms with van der Waals surface area (Å²) in [6.45, 7) is 6.75. The molecule has 2 amide bonds. The zero-order chi connectivity index (χ0) is 34.4. The summed E-state index contributed by atoms with van der Waals surface area (Å²) < 4.78 is 34.9. The molecule has 0 aliphatic heterocycles. The molecule has 0 spiro atoms. The van der Waals surface area contributed by atoms with Gasteiger partial charge in [0, 0.05) is 23.5 Å². The predicted molar refractivity (Wildman–Crippen MR) is 188 cm³/mol. The highest BCUT2D eigenvalue weighted by Crippen LogP contribution is 2.33. The smallest absolute Gasteiger partial charge is 0.264 e. The van der Waals surface area contributed by atoms with Crippen LogP contribution in [0.1, 0.15) is 37.5 Å². The van der Waals surface area contributed by atoms with Crippen molar-refractivity contribution in [2.45, 2.75) is 57.1 Å². The van der Waals surface area contributed by atoms with Crippen LogP contribution in [-0.2, 0) is 32.6 Å². The summed E-state index contributed by atoms with van der Waals surface area (Å²) in [6.07, 6.45) is 0.182. The molecule has 0 saturated carbocycles. The van der Waals surface area contributed by atoms with Crippen molar-refractivity contribution in [1.82, 2.24) is 10.2 Å². The fourth-order valence-corrected chi connectivity index (χ4v) is 6.86. The number of benzene rings is 4. The first-order valence-electron chi connectivity index (χ1n) is 15.0. The van der Waals surface area contributed by atoms with E-state index in [9.17, 15) is 18.0 Å². The monoisotopic (exact) mass is 695 g/mol. The lowest BCUT2D eigenvalue weighted by atomic mass is 10.0. The van der Waals surface area contributed by atoms with Gasteiger partial charge in [-0.25, -0.2) is 8.42 Å². The highest BCUT2D eigenvalue weighted by atomic mass is 35.5. The number of nitrogens with one attached hydrogen (secondary N) is 1. The van der Waals surface area contributed by atoms with Crippen molar-refractivity contribution in [3.63, 3.8) is 0 Å². The normalized spacial score (nSPS) is 12.2. The number of aryl methyl sites for hydroxylation is 1. The number of amides is 2. The quantitative estimate of drug-likeness (QED) is 0.171. The number of rotatable bonds is 12. The van der Waals surface area contributed by atoms with E-state index < -0.39 is 34.1 Å². The molecule has 0 aliphatic carbocycles. The number of hydrogen-bond donors (Lipinski definition) is 1.